The van der Waals surface area contributed by atoms with Crippen molar-refractivity contribution >= 4 is 12.0 Å². The Morgan fingerprint density at radius 2 is 1.80 bits per heavy atom. The summed E-state index contributed by atoms with van der Waals surface area (Å²) in [6, 6.07) is -1.17. The van der Waals surface area contributed by atoms with E-state index in [9.17, 15) is 9.59 Å². The Morgan fingerprint density at radius 1 is 1.25 bits per heavy atom. The zero-order valence-electron chi connectivity index (χ0n) is 13.1. The molecule has 0 spiro atoms. The lowest BCUT2D eigenvalue weighted by molar-refractivity contribution is -0.140. The Balaban J connectivity index is 2.61. The van der Waals surface area contributed by atoms with Gasteiger partial charge in [0.05, 0.1) is 0 Å². The number of carbonyl (C=O) groups excluding carboxylic acids is 1. The SMILES string of the molecule is CC(C)[C@@H](NC(=O)N(C)CC1(N(C)C)CCC1)C(=O)O. The van der Waals surface area contributed by atoms with Crippen molar-refractivity contribution in [3.05, 3.63) is 0 Å². The molecule has 0 aliphatic heterocycles. The van der Waals surface area contributed by atoms with Crippen molar-refractivity contribution in [2.75, 3.05) is 27.7 Å². The number of carboxylic acids is 1. The van der Waals surface area contributed by atoms with Gasteiger partial charge in [0.25, 0.3) is 0 Å². The van der Waals surface area contributed by atoms with Crippen molar-refractivity contribution < 1.29 is 14.7 Å². The molecule has 116 valence electrons. The first kappa shape index (κ1) is 16.8. The van der Waals surface area contributed by atoms with Gasteiger partial charge in [-0.2, -0.15) is 0 Å². The maximum absolute atomic E-state index is 12.1. The summed E-state index contributed by atoms with van der Waals surface area (Å²) in [5, 5.41) is 11.7. The van der Waals surface area contributed by atoms with Gasteiger partial charge in [-0.05, 0) is 39.3 Å². The molecular formula is C14H27N3O3. The van der Waals surface area contributed by atoms with Crippen molar-refractivity contribution in [3.8, 4) is 0 Å². The summed E-state index contributed by atoms with van der Waals surface area (Å²) in [7, 11) is 5.77. The van der Waals surface area contributed by atoms with Gasteiger partial charge in [-0.1, -0.05) is 13.8 Å². The molecule has 1 atom stereocenters. The third-order valence-electron chi connectivity index (χ3n) is 4.32. The van der Waals surface area contributed by atoms with Gasteiger partial charge in [0.2, 0.25) is 0 Å². The van der Waals surface area contributed by atoms with Gasteiger partial charge in [-0.3, -0.25) is 0 Å². The smallest absolute Gasteiger partial charge is 0.326 e. The van der Waals surface area contributed by atoms with Crippen LogP contribution in [-0.2, 0) is 4.79 Å². The predicted molar refractivity (Wildman–Crippen MR) is 77.7 cm³/mol. The summed E-state index contributed by atoms with van der Waals surface area (Å²) >= 11 is 0. The molecule has 0 aromatic carbocycles. The standard InChI is InChI=1S/C14H27N3O3/c1-10(2)11(12(18)19)15-13(20)17(5)9-14(16(3)4)7-6-8-14/h10-11H,6-9H2,1-5H3,(H,15,20)(H,18,19)/t11-/m1/s1. The van der Waals surface area contributed by atoms with Crippen molar-refractivity contribution in [2.45, 2.75) is 44.7 Å². The van der Waals surface area contributed by atoms with Crippen LogP contribution < -0.4 is 5.32 Å². The molecular weight excluding hydrogens is 258 g/mol. The minimum atomic E-state index is -0.993. The third-order valence-corrected chi connectivity index (χ3v) is 4.32. The number of nitrogens with one attached hydrogen (secondary N) is 1. The lowest BCUT2D eigenvalue weighted by atomic mass is 9.75. The molecule has 0 heterocycles. The average Bonchev–Trinajstić information content (AvgIpc) is 2.28. The van der Waals surface area contributed by atoms with E-state index in [1.807, 2.05) is 14.1 Å². The summed E-state index contributed by atoms with van der Waals surface area (Å²) in [5.74, 6) is -1.14. The highest BCUT2D eigenvalue weighted by Crippen LogP contribution is 2.36. The fourth-order valence-electron chi connectivity index (χ4n) is 2.60. The molecule has 6 heteroatoms. The summed E-state index contributed by atoms with van der Waals surface area (Å²) in [6.45, 7) is 4.19. The highest BCUT2D eigenvalue weighted by molar-refractivity contribution is 5.82. The molecule has 0 aromatic heterocycles. The van der Waals surface area contributed by atoms with E-state index < -0.39 is 12.0 Å². The number of likely N-dealkylation sites (N-methyl/N-ethyl adjacent to an activating group) is 2. The first-order chi connectivity index (χ1) is 9.19. The van der Waals surface area contributed by atoms with E-state index in [1.165, 1.54) is 6.42 Å². The molecule has 0 saturated heterocycles. The fourth-order valence-corrected chi connectivity index (χ4v) is 2.60. The second-order valence-electron chi connectivity index (χ2n) is 6.34. The van der Waals surface area contributed by atoms with Gasteiger partial charge < -0.3 is 20.2 Å². The van der Waals surface area contributed by atoms with Crippen LogP contribution in [0.1, 0.15) is 33.1 Å². The van der Waals surface area contributed by atoms with E-state index in [0.29, 0.717) is 6.54 Å². The number of urea groups is 1. The Morgan fingerprint density at radius 3 is 2.10 bits per heavy atom. The average molecular weight is 285 g/mol. The molecule has 1 fully saturated rings. The fraction of sp³-hybridized carbons (Fsp3) is 0.857. The molecule has 1 saturated carbocycles. The normalized spacial score (nSPS) is 18.6. The summed E-state index contributed by atoms with van der Waals surface area (Å²) < 4.78 is 0. The zero-order chi connectivity index (χ0) is 15.5. The zero-order valence-corrected chi connectivity index (χ0v) is 13.1. The number of amides is 2. The van der Waals surface area contributed by atoms with Crippen molar-refractivity contribution in [2.24, 2.45) is 5.92 Å². The van der Waals surface area contributed by atoms with Crippen molar-refractivity contribution in [1.29, 1.82) is 0 Å². The Kier molecular flexibility index (Phi) is 5.39. The van der Waals surface area contributed by atoms with Crippen LogP contribution in [0.4, 0.5) is 4.79 Å². The van der Waals surface area contributed by atoms with Gasteiger partial charge in [0, 0.05) is 19.1 Å². The van der Waals surface area contributed by atoms with Crippen molar-refractivity contribution in [3.63, 3.8) is 0 Å². The summed E-state index contributed by atoms with van der Waals surface area (Å²) in [4.78, 5) is 27.0. The van der Waals surface area contributed by atoms with Crippen LogP contribution in [0.5, 0.6) is 0 Å². The van der Waals surface area contributed by atoms with Crippen LogP contribution in [0, 0.1) is 5.92 Å². The van der Waals surface area contributed by atoms with E-state index in [1.54, 1.807) is 25.8 Å². The van der Waals surface area contributed by atoms with Crippen LogP contribution in [-0.4, -0.2) is 66.2 Å². The third kappa shape index (κ3) is 3.62. The minimum absolute atomic E-state index is 0.0443. The highest BCUT2D eigenvalue weighted by Gasteiger charge is 2.41. The Bertz CT molecular complexity index is 365. The van der Waals surface area contributed by atoms with Crippen LogP contribution in [0.25, 0.3) is 0 Å². The number of rotatable bonds is 6. The lowest BCUT2D eigenvalue weighted by Crippen LogP contribution is -2.59. The molecule has 1 aliphatic rings. The molecule has 6 nitrogen and oxygen atoms in total. The van der Waals surface area contributed by atoms with E-state index in [2.05, 4.69) is 10.2 Å². The van der Waals surface area contributed by atoms with Crippen LogP contribution in [0.15, 0.2) is 0 Å². The molecule has 20 heavy (non-hydrogen) atoms. The summed E-state index contributed by atoms with van der Waals surface area (Å²) in [5.41, 5.74) is 0.0443. The molecule has 0 unspecified atom stereocenters. The first-order valence-corrected chi connectivity index (χ1v) is 7.11. The molecule has 2 N–H and O–H groups in total. The number of hydrogen-bond acceptors (Lipinski definition) is 3. The number of hydrogen-bond donors (Lipinski definition) is 2. The molecule has 0 aromatic rings. The number of aliphatic carboxylic acids is 1. The largest absolute Gasteiger partial charge is 0.480 e. The second kappa shape index (κ2) is 6.43. The molecule has 1 aliphatic carbocycles. The van der Waals surface area contributed by atoms with E-state index in [0.717, 1.165) is 12.8 Å². The Hall–Kier alpha value is -1.30. The van der Waals surface area contributed by atoms with E-state index in [4.69, 9.17) is 5.11 Å². The lowest BCUT2D eigenvalue weighted by Gasteiger charge is -2.49. The monoisotopic (exact) mass is 285 g/mol. The maximum atomic E-state index is 12.1. The predicted octanol–water partition coefficient (Wildman–Crippen LogP) is 1.22. The number of nitrogens with zero attached hydrogens (tertiary/aromatic N) is 2. The molecule has 1 rings (SSSR count). The number of carboxylic acid groups (broad SMARTS) is 1. The quantitative estimate of drug-likeness (QED) is 0.769. The number of carbonyl (C=O) groups is 2. The molecule has 0 radical (unpaired) electrons. The molecule has 0 bridgehead atoms. The van der Waals surface area contributed by atoms with Crippen LogP contribution in [0.3, 0.4) is 0 Å². The minimum Gasteiger partial charge on any atom is -0.480 e. The van der Waals surface area contributed by atoms with Gasteiger partial charge in [-0.25, -0.2) is 9.59 Å². The Labute approximate surface area is 121 Å². The van der Waals surface area contributed by atoms with Crippen LogP contribution >= 0.6 is 0 Å². The van der Waals surface area contributed by atoms with E-state index in [-0.39, 0.29) is 17.5 Å². The first-order valence-electron chi connectivity index (χ1n) is 7.11. The van der Waals surface area contributed by atoms with Crippen molar-refractivity contribution in [1.82, 2.24) is 15.1 Å². The van der Waals surface area contributed by atoms with Gasteiger partial charge in [-0.15, -0.1) is 0 Å². The van der Waals surface area contributed by atoms with E-state index >= 15 is 0 Å². The van der Waals surface area contributed by atoms with Gasteiger partial charge in [0.15, 0.2) is 0 Å². The van der Waals surface area contributed by atoms with Crippen LogP contribution in [0.2, 0.25) is 0 Å². The van der Waals surface area contributed by atoms with Gasteiger partial charge in [0.1, 0.15) is 6.04 Å². The highest BCUT2D eigenvalue weighted by atomic mass is 16.4. The summed E-state index contributed by atoms with van der Waals surface area (Å²) in [6.07, 6.45) is 3.33. The molecule has 2 amide bonds. The maximum Gasteiger partial charge on any atom is 0.326 e. The van der Waals surface area contributed by atoms with Gasteiger partial charge >= 0.3 is 12.0 Å². The second-order valence-corrected chi connectivity index (χ2v) is 6.34. The topological polar surface area (TPSA) is 72.9 Å².